The zero-order chi connectivity index (χ0) is 14.7. The molecule has 0 saturated heterocycles. The van der Waals surface area contributed by atoms with E-state index in [-0.39, 0.29) is 5.84 Å². The van der Waals surface area contributed by atoms with Crippen LogP contribution in [0, 0.1) is 20.8 Å². The number of oxime groups is 1. The first kappa shape index (κ1) is 14.3. The molecule has 0 amide bonds. The molecule has 20 heavy (non-hydrogen) atoms. The molecule has 0 saturated carbocycles. The van der Waals surface area contributed by atoms with Crippen LogP contribution >= 0.6 is 11.8 Å². The van der Waals surface area contributed by atoms with Crippen LogP contribution in [0.15, 0.2) is 39.5 Å². The van der Waals surface area contributed by atoms with Crippen molar-refractivity contribution in [1.29, 1.82) is 0 Å². The summed E-state index contributed by atoms with van der Waals surface area (Å²) >= 11 is 1.45. The summed E-state index contributed by atoms with van der Waals surface area (Å²) in [4.78, 5) is 9.70. The average molecular weight is 288 g/mol. The van der Waals surface area contributed by atoms with Gasteiger partial charge in [-0.25, -0.2) is 9.97 Å². The first-order valence-corrected chi connectivity index (χ1v) is 6.90. The number of amidine groups is 1. The molecule has 1 heterocycles. The zero-order valence-corrected chi connectivity index (χ0v) is 12.4. The smallest absolute Gasteiger partial charge is 0.193 e. The monoisotopic (exact) mass is 288 g/mol. The molecule has 0 bridgehead atoms. The molecule has 0 radical (unpaired) electrons. The molecule has 0 fully saturated rings. The number of hydrogen-bond acceptors (Lipinski definition) is 5. The minimum absolute atomic E-state index is 0.0163. The highest BCUT2D eigenvalue weighted by Gasteiger charge is 2.08. The van der Waals surface area contributed by atoms with Crippen LogP contribution in [0.25, 0.3) is 0 Å². The molecule has 0 spiro atoms. The standard InChI is InChI=1S/C14H16N4OS/c1-8-4-5-11(6-9(8)2)20-14-16-10(3)7-12(17-14)13(15)18-19/h4-7,19H,1-3H3,(H2,15,18). The lowest BCUT2D eigenvalue weighted by molar-refractivity contribution is 0.318. The summed E-state index contributed by atoms with van der Waals surface area (Å²) in [5.41, 5.74) is 9.23. The highest BCUT2D eigenvalue weighted by molar-refractivity contribution is 7.99. The van der Waals surface area contributed by atoms with Gasteiger partial charge in [0.05, 0.1) is 0 Å². The van der Waals surface area contributed by atoms with Gasteiger partial charge in [0.1, 0.15) is 5.69 Å². The predicted octanol–water partition coefficient (Wildman–Crippen LogP) is 2.65. The van der Waals surface area contributed by atoms with Gasteiger partial charge in [0.15, 0.2) is 11.0 Å². The molecule has 0 atom stereocenters. The third kappa shape index (κ3) is 3.27. The quantitative estimate of drug-likeness (QED) is 0.298. The fourth-order valence-electron chi connectivity index (χ4n) is 1.65. The molecular weight excluding hydrogens is 272 g/mol. The molecule has 104 valence electrons. The molecule has 0 aliphatic rings. The fraction of sp³-hybridized carbons (Fsp3) is 0.214. The van der Waals surface area contributed by atoms with Crippen molar-refractivity contribution in [2.24, 2.45) is 10.9 Å². The van der Waals surface area contributed by atoms with Gasteiger partial charge in [-0.3, -0.25) is 0 Å². The van der Waals surface area contributed by atoms with Crippen molar-refractivity contribution in [3.05, 3.63) is 46.8 Å². The minimum atomic E-state index is -0.0163. The van der Waals surface area contributed by atoms with Gasteiger partial charge in [0.2, 0.25) is 0 Å². The van der Waals surface area contributed by atoms with E-state index in [4.69, 9.17) is 10.9 Å². The van der Waals surface area contributed by atoms with Crippen LogP contribution < -0.4 is 5.73 Å². The first-order chi connectivity index (χ1) is 9.49. The normalized spacial score (nSPS) is 11.7. The van der Waals surface area contributed by atoms with Crippen molar-refractivity contribution in [2.75, 3.05) is 0 Å². The van der Waals surface area contributed by atoms with E-state index in [0.717, 1.165) is 10.6 Å². The van der Waals surface area contributed by atoms with Crippen molar-refractivity contribution in [3.8, 4) is 0 Å². The molecule has 5 nitrogen and oxygen atoms in total. The Morgan fingerprint density at radius 2 is 1.90 bits per heavy atom. The molecule has 0 unspecified atom stereocenters. The van der Waals surface area contributed by atoms with Crippen molar-refractivity contribution >= 4 is 17.6 Å². The molecule has 2 rings (SSSR count). The zero-order valence-electron chi connectivity index (χ0n) is 11.6. The Balaban J connectivity index is 2.33. The second-order valence-corrected chi connectivity index (χ2v) is 5.55. The van der Waals surface area contributed by atoms with Gasteiger partial charge in [-0.2, -0.15) is 0 Å². The van der Waals surface area contributed by atoms with Gasteiger partial charge in [0.25, 0.3) is 0 Å². The summed E-state index contributed by atoms with van der Waals surface area (Å²) in [6.45, 7) is 5.99. The topological polar surface area (TPSA) is 84.4 Å². The highest BCUT2D eigenvalue weighted by atomic mass is 32.2. The molecule has 3 N–H and O–H groups in total. The third-order valence-corrected chi connectivity index (χ3v) is 3.75. The van der Waals surface area contributed by atoms with Gasteiger partial charge in [-0.1, -0.05) is 11.2 Å². The Hall–Kier alpha value is -2.08. The van der Waals surface area contributed by atoms with Crippen LogP contribution in [0.3, 0.4) is 0 Å². The highest BCUT2D eigenvalue weighted by Crippen LogP contribution is 2.26. The lowest BCUT2D eigenvalue weighted by Crippen LogP contribution is -2.16. The van der Waals surface area contributed by atoms with Gasteiger partial charge in [0, 0.05) is 10.6 Å². The lowest BCUT2D eigenvalue weighted by atomic mass is 10.1. The fourth-order valence-corrected chi connectivity index (χ4v) is 2.57. The van der Waals surface area contributed by atoms with E-state index in [1.807, 2.05) is 13.0 Å². The molecule has 6 heteroatoms. The summed E-state index contributed by atoms with van der Waals surface area (Å²) in [6.07, 6.45) is 0. The van der Waals surface area contributed by atoms with E-state index in [1.54, 1.807) is 6.07 Å². The van der Waals surface area contributed by atoms with Gasteiger partial charge in [-0.15, -0.1) is 0 Å². The summed E-state index contributed by atoms with van der Waals surface area (Å²) in [5.74, 6) is -0.0163. The Morgan fingerprint density at radius 1 is 1.15 bits per heavy atom. The maximum Gasteiger partial charge on any atom is 0.193 e. The maximum absolute atomic E-state index is 8.72. The second-order valence-electron chi connectivity index (χ2n) is 4.51. The lowest BCUT2D eigenvalue weighted by Gasteiger charge is -2.06. The van der Waals surface area contributed by atoms with E-state index < -0.39 is 0 Å². The van der Waals surface area contributed by atoms with E-state index in [1.165, 1.54) is 22.9 Å². The molecule has 0 aliphatic heterocycles. The number of hydrogen-bond donors (Lipinski definition) is 2. The average Bonchev–Trinajstić information content (AvgIpc) is 2.41. The largest absolute Gasteiger partial charge is 0.409 e. The molecule has 1 aromatic heterocycles. The second kappa shape index (κ2) is 5.92. The Bertz CT molecular complexity index is 670. The van der Waals surface area contributed by atoms with Crippen molar-refractivity contribution in [2.45, 2.75) is 30.8 Å². The predicted molar refractivity (Wildman–Crippen MR) is 79.3 cm³/mol. The maximum atomic E-state index is 8.72. The SMILES string of the molecule is Cc1cc(/C(N)=N/O)nc(Sc2ccc(C)c(C)c2)n1. The van der Waals surface area contributed by atoms with Crippen LogP contribution in [-0.4, -0.2) is 21.0 Å². The number of aryl methyl sites for hydroxylation is 3. The number of nitrogens with two attached hydrogens (primary N) is 1. The summed E-state index contributed by atoms with van der Waals surface area (Å²) in [6, 6.07) is 7.87. The van der Waals surface area contributed by atoms with Crippen molar-refractivity contribution in [1.82, 2.24) is 9.97 Å². The molecule has 0 aliphatic carbocycles. The molecular formula is C14H16N4OS. The minimum Gasteiger partial charge on any atom is -0.409 e. The Morgan fingerprint density at radius 3 is 2.55 bits per heavy atom. The number of nitrogens with zero attached hydrogens (tertiary/aromatic N) is 3. The van der Waals surface area contributed by atoms with Crippen LogP contribution in [0.4, 0.5) is 0 Å². The van der Waals surface area contributed by atoms with Crippen molar-refractivity contribution in [3.63, 3.8) is 0 Å². The van der Waals surface area contributed by atoms with E-state index in [0.29, 0.717) is 10.9 Å². The van der Waals surface area contributed by atoms with Crippen LogP contribution in [0.5, 0.6) is 0 Å². The summed E-state index contributed by atoms with van der Waals surface area (Å²) in [5, 5.41) is 12.3. The van der Waals surface area contributed by atoms with Crippen LogP contribution in [0.1, 0.15) is 22.5 Å². The van der Waals surface area contributed by atoms with E-state index in [9.17, 15) is 0 Å². The number of rotatable bonds is 3. The van der Waals surface area contributed by atoms with Gasteiger partial charge < -0.3 is 10.9 Å². The molecule has 2 aromatic rings. The van der Waals surface area contributed by atoms with E-state index >= 15 is 0 Å². The number of aromatic nitrogens is 2. The van der Waals surface area contributed by atoms with Crippen LogP contribution in [-0.2, 0) is 0 Å². The third-order valence-electron chi connectivity index (χ3n) is 2.89. The summed E-state index contributed by atoms with van der Waals surface area (Å²) in [7, 11) is 0. The summed E-state index contributed by atoms with van der Waals surface area (Å²) < 4.78 is 0. The van der Waals surface area contributed by atoms with E-state index in [2.05, 4.69) is 41.1 Å². The van der Waals surface area contributed by atoms with Gasteiger partial charge >= 0.3 is 0 Å². The van der Waals surface area contributed by atoms with Crippen LogP contribution in [0.2, 0.25) is 0 Å². The Kier molecular flexibility index (Phi) is 4.24. The van der Waals surface area contributed by atoms with Crippen molar-refractivity contribution < 1.29 is 5.21 Å². The first-order valence-electron chi connectivity index (χ1n) is 6.08. The number of benzene rings is 1. The Labute approximate surface area is 121 Å². The molecule has 1 aromatic carbocycles. The van der Waals surface area contributed by atoms with Gasteiger partial charge in [-0.05, 0) is 61.9 Å².